The topological polar surface area (TPSA) is 76.1 Å². The highest BCUT2D eigenvalue weighted by Crippen LogP contribution is 2.04. The fourth-order valence-corrected chi connectivity index (χ4v) is 1.92. The number of carbonyl (C=O) groups excluding carboxylic acids is 1. The minimum atomic E-state index is -0.290. The Hall–Kier alpha value is -1.53. The molecular formula is C12H18N4O2. The van der Waals surface area contributed by atoms with E-state index in [0.717, 1.165) is 5.69 Å². The molecule has 1 aromatic rings. The molecule has 6 heteroatoms. The van der Waals surface area contributed by atoms with Crippen LogP contribution in [-0.2, 0) is 16.1 Å². The molecular weight excluding hydrogens is 232 g/mol. The zero-order valence-electron chi connectivity index (χ0n) is 10.6. The molecule has 1 aliphatic heterocycles. The number of ether oxygens (including phenoxy) is 1. The van der Waals surface area contributed by atoms with Gasteiger partial charge in [0.2, 0.25) is 5.91 Å². The molecule has 2 heterocycles. The number of amides is 1. The SMILES string of the molecule is Cc1nccc(CNC(=O)[C@H]2NCCO[C@@H]2C)n1. The highest BCUT2D eigenvalue weighted by molar-refractivity contribution is 5.82. The maximum absolute atomic E-state index is 12.0. The van der Waals surface area contributed by atoms with Crippen LogP contribution in [0.5, 0.6) is 0 Å². The van der Waals surface area contributed by atoms with Crippen LogP contribution in [-0.4, -0.2) is 41.2 Å². The molecule has 1 aromatic heterocycles. The summed E-state index contributed by atoms with van der Waals surface area (Å²) in [5.74, 6) is 0.646. The summed E-state index contributed by atoms with van der Waals surface area (Å²) in [6.45, 7) is 5.48. The monoisotopic (exact) mass is 250 g/mol. The van der Waals surface area contributed by atoms with Crippen molar-refractivity contribution < 1.29 is 9.53 Å². The molecule has 2 rings (SSSR count). The predicted octanol–water partition coefficient (Wildman–Crippen LogP) is -0.222. The summed E-state index contributed by atoms with van der Waals surface area (Å²) in [6.07, 6.45) is 1.58. The molecule has 1 amide bonds. The van der Waals surface area contributed by atoms with Gasteiger partial charge in [-0.3, -0.25) is 4.79 Å². The molecule has 0 unspecified atom stereocenters. The highest BCUT2D eigenvalue weighted by atomic mass is 16.5. The fourth-order valence-electron chi connectivity index (χ4n) is 1.92. The van der Waals surface area contributed by atoms with Gasteiger partial charge in [-0.15, -0.1) is 0 Å². The average Bonchev–Trinajstić information content (AvgIpc) is 2.37. The van der Waals surface area contributed by atoms with E-state index in [1.165, 1.54) is 0 Å². The van der Waals surface area contributed by atoms with Crippen molar-refractivity contribution in [3.05, 3.63) is 23.8 Å². The van der Waals surface area contributed by atoms with Gasteiger partial charge < -0.3 is 15.4 Å². The van der Waals surface area contributed by atoms with Crippen LogP contribution in [0.4, 0.5) is 0 Å². The van der Waals surface area contributed by atoms with Gasteiger partial charge in [0.1, 0.15) is 11.9 Å². The molecule has 0 aromatic carbocycles. The maximum atomic E-state index is 12.0. The number of rotatable bonds is 3. The van der Waals surface area contributed by atoms with Gasteiger partial charge in [-0.1, -0.05) is 0 Å². The van der Waals surface area contributed by atoms with E-state index in [-0.39, 0.29) is 18.1 Å². The first-order chi connectivity index (χ1) is 8.66. The van der Waals surface area contributed by atoms with Crippen molar-refractivity contribution in [2.45, 2.75) is 32.5 Å². The van der Waals surface area contributed by atoms with Crippen molar-refractivity contribution >= 4 is 5.91 Å². The van der Waals surface area contributed by atoms with Crippen LogP contribution in [0.25, 0.3) is 0 Å². The molecule has 2 atom stereocenters. The van der Waals surface area contributed by atoms with E-state index in [0.29, 0.717) is 25.5 Å². The lowest BCUT2D eigenvalue weighted by molar-refractivity contribution is -0.129. The second kappa shape index (κ2) is 5.88. The van der Waals surface area contributed by atoms with Crippen molar-refractivity contribution in [3.8, 4) is 0 Å². The number of nitrogens with zero attached hydrogens (tertiary/aromatic N) is 2. The Labute approximate surface area is 106 Å². The Morgan fingerprint density at radius 1 is 1.67 bits per heavy atom. The Kier molecular flexibility index (Phi) is 4.22. The first-order valence-corrected chi connectivity index (χ1v) is 6.08. The second-order valence-corrected chi connectivity index (χ2v) is 4.32. The largest absolute Gasteiger partial charge is 0.375 e. The van der Waals surface area contributed by atoms with Crippen LogP contribution in [0.3, 0.4) is 0 Å². The predicted molar refractivity (Wildman–Crippen MR) is 65.8 cm³/mol. The van der Waals surface area contributed by atoms with Crippen LogP contribution in [0, 0.1) is 6.92 Å². The summed E-state index contributed by atoms with van der Waals surface area (Å²) in [4.78, 5) is 20.2. The summed E-state index contributed by atoms with van der Waals surface area (Å²) in [6, 6.07) is 1.50. The van der Waals surface area contributed by atoms with Crippen LogP contribution >= 0.6 is 0 Å². The third-order valence-electron chi connectivity index (χ3n) is 2.88. The van der Waals surface area contributed by atoms with Crippen molar-refractivity contribution in [3.63, 3.8) is 0 Å². The Bertz CT molecular complexity index is 424. The van der Waals surface area contributed by atoms with Crippen LogP contribution < -0.4 is 10.6 Å². The van der Waals surface area contributed by atoms with E-state index in [4.69, 9.17) is 4.74 Å². The standard InChI is InChI=1S/C12H18N4O2/c1-8-11(14-5-6-18-8)12(17)15-7-10-3-4-13-9(2)16-10/h3-4,8,11,14H,5-7H2,1-2H3,(H,15,17)/t8-,11+/m1/s1. The quantitative estimate of drug-likeness (QED) is 0.775. The van der Waals surface area contributed by atoms with Gasteiger partial charge in [0.25, 0.3) is 0 Å². The summed E-state index contributed by atoms with van der Waals surface area (Å²) in [5.41, 5.74) is 0.806. The first-order valence-electron chi connectivity index (χ1n) is 6.08. The minimum Gasteiger partial charge on any atom is -0.375 e. The number of morpholine rings is 1. The number of aryl methyl sites for hydroxylation is 1. The minimum absolute atomic E-state index is 0.0570. The van der Waals surface area contributed by atoms with Crippen LogP contribution in [0.15, 0.2) is 12.3 Å². The number of hydrogen-bond donors (Lipinski definition) is 2. The van der Waals surface area contributed by atoms with E-state index in [2.05, 4.69) is 20.6 Å². The van der Waals surface area contributed by atoms with Gasteiger partial charge >= 0.3 is 0 Å². The zero-order valence-corrected chi connectivity index (χ0v) is 10.6. The van der Waals surface area contributed by atoms with Gasteiger partial charge in [0.15, 0.2) is 0 Å². The molecule has 0 saturated carbocycles. The van der Waals surface area contributed by atoms with Gasteiger partial charge in [-0.2, -0.15) is 0 Å². The number of aromatic nitrogens is 2. The van der Waals surface area contributed by atoms with Gasteiger partial charge in [-0.25, -0.2) is 9.97 Å². The summed E-state index contributed by atoms with van der Waals surface area (Å²) in [7, 11) is 0. The summed E-state index contributed by atoms with van der Waals surface area (Å²) >= 11 is 0. The Balaban J connectivity index is 1.88. The third kappa shape index (κ3) is 3.24. The molecule has 98 valence electrons. The second-order valence-electron chi connectivity index (χ2n) is 4.32. The molecule has 1 saturated heterocycles. The zero-order chi connectivity index (χ0) is 13.0. The molecule has 0 spiro atoms. The van der Waals surface area contributed by atoms with Crippen molar-refractivity contribution in [2.24, 2.45) is 0 Å². The molecule has 2 N–H and O–H groups in total. The van der Waals surface area contributed by atoms with E-state index < -0.39 is 0 Å². The van der Waals surface area contributed by atoms with Crippen LogP contribution in [0.2, 0.25) is 0 Å². The Morgan fingerprint density at radius 3 is 3.22 bits per heavy atom. The number of hydrogen-bond acceptors (Lipinski definition) is 5. The Morgan fingerprint density at radius 2 is 2.50 bits per heavy atom. The summed E-state index contributed by atoms with van der Waals surface area (Å²) in [5, 5.41) is 6.00. The number of carbonyl (C=O) groups is 1. The van der Waals surface area contributed by atoms with Gasteiger partial charge in [0.05, 0.1) is 24.9 Å². The lowest BCUT2D eigenvalue weighted by atomic mass is 10.1. The van der Waals surface area contributed by atoms with Gasteiger partial charge in [0, 0.05) is 12.7 Å². The van der Waals surface area contributed by atoms with Crippen molar-refractivity contribution in [1.29, 1.82) is 0 Å². The molecule has 1 aliphatic rings. The summed E-state index contributed by atoms with van der Waals surface area (Å²) < 4.78 is 5.43. The van der Waals surface area contributed by atoms with Crippen molar-refractivity contribution in [2.75, 3.05) is 13.2 Å². The number of nitrogens with one attached hydrogen (secondary N) is 2. The lowest BCUT2D eigenvalue weighted by Crippen LogP contribution is -2.55. The fraction of sp³-hybridized carbons (Fsp3) is 0.583. The first kappa shape index (κ1) is 12.9. The van der Waals surface area contributed by atoms with E-state index >= 15 is 0 Å². The van der Waals surface area contributed by atoms with Gasteiger partial charge in [-0.05, 0) is 19.9 Å². The lowest BCUT2D eigenvalue weighted by Gasteiger charge is -2.29. The average molecular weight is 250 g/mol. The molecule has 0 radical (unpaired) electrons. The molecule has 0 bridgehead atoms. The van der Waals surface area contributed by atoms with Crippen LogP contribution in [0.1, 0.15) is 18.4 Å². The highest BCUT2D eigenvalue weighted by Gasteiger charge is 2.27. The molecule has 18 heavy (non-hydrogen) atoms. The molecule has 6 nitrogen and oxygen atoms in total. The van der Waals surface area contributed by atoms with E-state index in [1.54, 1.807) is 12.3 Å². The maximum Gasteiger partial charge on any atom is 0.240 e. The van der Waals surface area contributed by atoms with E-state index in [1.807, 2.05) is 13.8 Å². The molecule has 0 aliphatic carbocycles. The third-order valence-corrected chi connectivity index (χ3v) is 2.88. The van der Waals surface area contributed by atoms with Crippen molar-refractivity contribution in [1.82, 2.24) is 20.6 Å². The smallest absolute Gasteiger partial charge is 0.240 e. The normalized spacial score (nSPS) is 23.7. The molecule has 1 fully saturated rings. The van der Waals surface area contributed by atoms with E-state index in [9.17, 15) is 4.79 Å².